The van der Waals surface area contributed by atoms with E-state index < -0.39 is 50.3 Å². The number of carbonyl (C=O) groups excluding carboxylic acids is 1. The summed E-state index contributed by atoms with van der Waals surface area (Å²) in [5.41, 5.74) is -1.31. The Morgan fingerprint density at radius 2 is 2.21 bits per heavy atom. The summed E-state index contributed by atoms with van der Waals surface area (Å²) in [5.74, 6) is 0. The van der Waals surface area contributed by atoms with Gasteiger partial charge in [-0.25, -0.2) is 9.59 Å². The molecule has 2 heterocycles. The third-order valence-electron chi connectivity index (χ3n) is 3.62. The van der Waals surface area contributed by atoms with Gasteiger partial charge in [0, 0.05) is 12.6 Å². The Morgan fingerprint density at radius 1 is 1.52 bits per heavy atom. The summed E-state index contributed by atoms with van der Waals surface area (Å²) in [4.78, 5) is 58.8. The van der Waals surface area contributed by atoms with E-state index in [0.29, 0.717) is 0 Å². The molecule has 1 saturated heterocycles. The van der Waals surface area contributed by atoms with Crippen molar-refractivity contribution in [2.24, 2.45) is 0 Å². The number of hydrogen-bond donors (Lipinski definition) is 2. The number of ether oxygens (including phenoxy) is 3. The Labute approximate surface area is 194 Å². The zero-order chi connectivity index (χ0) is 20.9. The number of phosphoric acid groups is 1. The molecule has 156 valence electrons. The van der Waals surface area contributed by atoms with Gasteiger partial charge in [0.25, 0.3) is 13.4 Å². The molecule has 0 spiro atoms. The molecule has 15 heteroatoms. The van der Waals surface area contributed by atoms with E-state index in [4.69, 9.17) is 14.4 Å². The third kappa shape index (κ3) is 7.78. The van der Waals surface area contributed by atoms with Crippen molar-refractivity contribution in [3.8, 4) is 0 Å². The molecule has 1 fully saturated rings. The number of carbonyl (C=O) groups is 1. The minimum atomic E-state index is -5.13. The second-order valence-electron chi connectivity index (χ2n) is 5.51. The fourth-order valence-electron chi connectivity index (χ4n) is 2.51. The largest absolute Gasteiger partial charge is 1.00 e. The molecule has 12 nitrogen and oxygen atoms in total. The Bertz CT molecular complexity index is 897. The molecule has 1 aromatic rings. The van der Waals surface area contributed by atoms with E-state index >= 15 is 0 Å². The molecule has 0 aliphatic carbocycles. The molecule has 0 radical (unpaired) electrons. The molecule has 0 aromatic carbocycles. The number of rotatable bonds is 7. The minimum Gasteiger partial charge on any atom is -0.756 e. The molecule has 2 N–H and O–H groups in total. The zero-order valence-corrected chi connectivity index (χ0v) is 20.0. The standard InChI is InChI=1S/C14H18BrN2O10P.Na/c1-2-24-14(20)25-7-10-9(27-28(21,22)23)5-11(26-10)17-6-8(3-4-15)12(18)16-13(17)19;/h3-4,6,9-11H,2,5,7H2,1H3,(H,16,18,19)(H2,21,22,23);/q;+1/p-1/t9-,10+,11+;/m0./s1. The average molecular weight is 507 g/mol. The van der Waals surface area contributed by atoms with Crippen molar-refractivity contribution in [2.75, 3.05) is 13.2 Å². The molecule has 0 saturated carbocycles. The number of aromatic nitrogens is 2. The first-order valence-corrected chi connectivity index (χ1v) is 10.3. The van der Waals surface area contributed by atoms with Crippen LogP contribution in [0, 0.1) is 0 Å². The first kappa shape index (κ1) is 26.3. The van der Waals surface area contributed by atoms with Gasteiger partial charge in [0.2, 0.25) is 0 Å². The number of halogens is 1. The summed E-state index contributed by atoms with van der Waals surface area (Å²) in [6.07, 6.45) is -2.02. The van der Waals surface area contributed by atoms with Gasteiger partial charge >= 0.3 is 41.4 Å². The number of H-pyrrole nitrogens is 1. The maximum atomic E-state index is 12.1. The van der Waals surface area contributed by atoms with E-state index in [1.165, 1.54) is 17.3 Å². The van der Waals surface area contributed by atoms with Gasteiger partial charge in [-0.15, -0.1) is 0 Å². The molecular formula is C14H17BrN2NaO10P. The fourth-order valence-corrected chi connectivity index (χ4v) is 3.36. The summed E-state index contributed by atoms with van der Waals surface area (Å²) in [5, 5.41) is 0. The number of nitrogens with one attached hydrogen (secondary N) is 1. The molecule has 1 aliphatic rings. The van der Waals surface area contributed by atoms with Crippen LogP contribution in [-0.4, -0.2) is 46.0 Å². The Morgan fingerprint density at radius 3 is 2.79 bits per heavy atom. The van der Waals surface area contributed by atoms with Gasteiger partial charge in [-0.05, 0) is 18.0 Å². The normalized spacial score (nSPS) is 23.4. The molecule has 4 atom stereocenters. The van der Waals surface area contributed by atoms with Gasteiger partial charge in [0.1, 0.15) is 18.9 Å². The first-order chi connectivity index (χ1) is 13.1. The maximum Gasteiger partial charge on any atom is 1.00 e. The van der Waals surface area contributed by atoms with Crippen LogP contribution in [0.2, 0.25) is 0 Å². The van der Waals surface area contributed by atoms with Crippen molar-refractivity contribution in [1.29, 1.82) is 0 Å². The maximum absolute atomic E-state index is 12.1. The third-order valence-corrected chi connectivity index (χ3v) is 4.43. The van der Waals surface area contributed by atoms with Crippen LogP contribution < -0.4 is 45.7 Å². The van der Waals surface area contributed by atoms with Gasteiger partial charge in [-0.2, -0.15) is 0 Å². The van der Waals surface area contributed by atoms with Crippen LogP contribution in [0.5, 0.6) is 0 Å². The van der Waals surface area contributed by atoms with Gasteiger partial charge in [-0.3, -0.25) is 18.9 Å². The Balaban J connectivity index is 0.00000420. The predicted molar refractivity (Wildman–Crippen MR) is 95.5 cm³/mol. The number of nitrogens with zero attached hydrogens (tertiary/aromatic N) is 1. The van der Waals surface area contributed by atoms with E-state index in [9.17, 15) is 23.8 Å². The number of phosphoric ester groups is 1. The molecular weight excluding hydrogens is 490 g/mol. The van der Waals surface area contributed by atoms with Gasteiger partial charge in [0.15, 0.2) is 0 Å². The van der Waals surface area contributed by atoms with Crippen molar-refractivity contribution < 1.29 is 67.4 Å². The van der Waals surface area contributed by atoms with Crippen LogP contribution in [0.15, 0.2) is 20.8 Å². The SMILES string of the molecule is CCOC(=O)OC[C@H]1O[C@@H](n2cc(C=CBr)c(=O)[nH]c2=O)C[C@@H]1OP(=O)([O-])O.[Na+]. The number of hydrogen-bond acceptors (Lipinski definition) is 9. The van der Waals surface area contributed by atoms with Crippen molar-refractivity contribution in [1.82, 2.24) is 9.55 Å². The Kier molecular flexibility index (Phi) is 10.5. The second kappa shape index (κ2) is 11.6. The van der Waals surface area contributed by atoms with Crippen molar-refractivity contribution in [2.45, 2.75) is 31.8 Å². The van der Waals surface area contributed by atoms with Crippen molar-refractivity contribution in [3.63, 3.8) is 0 Å². The van der Waals surface area contributed by atoms with E-state index in [-0.39, 0.29) is 48.1 Å². The van der Waals surface area contributed by atoms with Crippen LogP contribution in [0.25, 0.3) is 6.08 Å². The van der Waals surface area contributed by atoms with E-state index in [1.54, 1.807) is 6.92 Å². The van der Waals surface area contributed by atoms with E-state index in [0.717, 1.165) is 4.57 Å². The molecule has 0 amide bonds. The molecule has 1 aromatic heterocycles. The molecule has 2 rings (SSSR count). The summed E-state index contributed by atoms with van der Waals surface area (Å²) in [7, 11) is -5.13. The average Bonchev–Trinajstić information content (AvgIpc) is 2.96. The van der Waals surface area contributed by atoms with Gasteiger partial charge in [0.05, 0.1) is 18.3 Å². The smallest absolute Gasteiger partial charge is 0.756 e. The van der Waals surface area contributed by atoms with Crippen LogP contribution in [0.4, 0.5) is 4.79 Å². The second-order valence-corrected chi connectivity index (χ2v) is 7.19. The summed E-state index contributed by atoms with van der Waals surface area (Å²) in [6.45, 7) is 1.18. The van der Waals surface area contributed by atoms with E-state index in [2.05, 4.69) is 30.2 Å². The summed E-state index contributed by atoms with van der Waals surface area (Å²) in [6, 6.07) is 0. The van der Waals surface area contributed by atoms with Crippen LogP contribution in [0.1, 0.15) is 25.1 Å². The minimum absolute atomic E-state index is 0. The predicted octanol–water partition coefficient (Wildman–Crippen LogP) is -2.79. The monoisotopic (exact) mass is 506 g/mol. The summed E-state index contributed by atoms with van der Waals surface area (Å²) < 4.78 is 31.7. The topological polar surface area (TPSA) is 169 Å². The van der Waals surface area contributed by atoms with Crippen molar-refractivity contribution >= 4 is 36.0 Å². The number of aromatic amines is 1. The molecule has 1 unspecified atom stereocenters. The van der Waals surface area contributed by atoms with Crippen LogP contribution in [-0.2, 0) is 23.3 Å². The van der Waals surface area contributed by atoms with Crippen LogP contribution in [0.3, 0.4) is 0 Å². The van der Waals surface area contributed by atoms with Crippen molar-refractivity contribution in [3.05, 3.63) is 37.6 Å². The molecule has 29 heavy (non-hydrogen) atoms. The molecule has 0 bridgehead atoms. The Hall–Kier alpha value is -0.760. The van der Waals surface area contributed by atoms with Gasteiger partial charge < -0.3 is 28.5 Å². The first-order valence-electron chi connectivity index (χ1n) is 7.94. The zero-order valence-electron chi connectivity index (χ0n) is 15.5. The fraction of sp³-hybridized carbons (Fsp3) is 0.500. The van der Waals surface area contributed by atoms with E-state index in [1.807, 2.05) is 0 Å². The molecule has 1 aliphatic heterocycles. The quantitative estimate of drug-likeness (QED) is 0.224. The summed E-state index contributed by atoms with van der Waals surface area (Å²) >= 11 is 3.02. The van der Waals surface area contributed by atoms with Gasteiger partial charge in [-0.1, -0.05) is 15.9 Å². The van der Waals surface area contributed by atoms with Crippen LogP contribution >= 0.6 is 23.8 Å².